The van der Waals surface area contributed by atoms with Crippen LogP contribution in [0.3, 0.4) is 0 Å². The van der Waals surface area contributed by atoms with Crippen molar-refractivity contribution in [3.8, 4) is 0 Å². The lowest BCUT2D eigenvalue weighted by Crippen LogP contribution is -2.35. The SMILES string of the molecule is O=C1CC(O)(c2ccccc2)C(c2ccccc2)N1Cc1ccccc1. The minimum absolute atomic E-state index is 0.0333. The Bertz CT molecular complexity index is 880. The molecule has 0 bridgehead atoms. The summed E-state index contributed by atoms with van der Waals surface area (Å²) in [4.78, 5) is 14.7. The van der Waals surface area contributed by atoms with E-state index in [4.69, 9.17) is 0 Å². The maximum absolute atomic E-state index is 12.9. The van der Waals surface area contributed by atoms with Crippen molar-refractivity contribution in [1.29, 1.82) is 0 Å². The highest BCUT2D eigenvalue weighted by Crippen LogP contribution is 2.48. The normalized spacial score (nSPS) is 22.6. The molecule has 4 rings (SSSR count). The van der Waals surface area contributed by atoms with E-state index >= 15 is 0 Å². The van der Waals surface area contributed by atoms with Crippen molar-refractivity contribution >= 4 is 5.91 Å². The van der Waals surface area contributed by atoms with Crippen LogP contribution in [0, 0.1) is 0 Å². The van der Waals surface area contributed by atoms with E-state index in [-0.39, 0.29) is 12.3 Å². The van der Waals surface area contributed by atoms with Crippen LogP contribution in [0.25, 0.3) is 0 Å². The van der Waals surface area contributed by atoms with Crippen LogP contribution in [0.5, 0.6) is 0 Å². The smallest absolute Gasteiger partial charge is 0.226 e. The summed E-state index contributed by atoms with van der Waals surface area (Å²) in [5, 5.41) is 11.6. The minimum Gasteiger partial charge on any atom is -0.382 e. The van der Waals surface area contributed by atoms with Crippen LogP contribution in [-0.4, -0.2) is 15.9 Å². The molecule has 1 amide bonds. The van der Waals surface area contributed by atoms with Gasteiger partial charge in [-0.2, -0.15) is 0 Å². The van der Waals surface area contributed by atoms with Gasteiger partial charge in [0.2, 0.25) is 5.91 Å². The van der Waals surface area contributed by atoms with Gasteiger partial charge in [0.05, 0.1) is 12.5 Å². The van der Waals surface area contributed by atoms with E-state index in [0.29, 0.717) is 6.54 Å². The molecule has 0 spiro atoms. The molecule has 1 heterocycles. The lowest BCUT2D eigenvalue weighted by molar-refractivity contribution is -0.129. The highest BCUT2D eigenvalue weighted by Gasteiger charge is 2.52. The summed E-state index contributed by atoms with van der Waals surface area (Å²) in [6, 6.07) is 28.8. The van der Waals surface area contributed by atoms with Gasteiger partial charge in [-0.25, -0.2) is 0 Å². The molecule has 3 heteroatoms. The van der Waals surface area contributed by atoms with Gasteiger partial charge >= 0.3 is 0 Å². The summed E-state index contributed by atoms with van der Waals surface area (Å²) in [5.41, 5.74) is 1.53. The third-order valence-electron chi connectivity index (χ3n) is 5.09. The summed E-state index contributed by atoms with van der Waals surface area (Å²) in [7, 11) is 0. The van der Waals surface area contributed by atoms with E-state index in [1.54, 1.807) is 4.90 Å². The molecule has 26 heavy (non-hydrogen) atoms. The number of carbonyl (C=O) groups is 1. The Kier molecular flexibility index (Phi) is 4.31. The number of amides is 1. The van der Waals surface area contributed by atoms with Gasteiger partial charge in [-0.15, -0.1) is 0 Å². The summed E-state index contributed by atoms with van der Waals surface area (Å²) in [5.74, 6) is -0.0333. The first kappa shape index (κ1) is 16.6. The molecule has 3 nitrogen and oxygen atoms in total. The molecule has 0 aliphatic carbocycles. The van der Waals surface area contributed by atoms with Gasteiger partial charge in [-0.1, -0.05) is 91.0 Å². The van der Waals surface area contributed by atoms with Crippen LogP contribution < -0.4 is 0 Å². The van der Waals surface area contributed by atoms with Crippen molar-refractivity contribution in [2.45, 2.75) is 24.6 Å². The van der Waals surface area contributed by atoms with Crippen molar-refractivity contribution < 1.29 is 9.90 Å². The molecular formula is C23H21NO2. The number of carbonyl (C=O) groups excluding carboxylic acids is 1. The van der Waals surface area contributed by atoms with E-state index in [1.165, 1.54) is 0 Å². The Balaban J connectivity index is 1.79. The van der Waals surface area contributed by atoms with E-state index in [2.05, 4.69) is 0 Å². The van der Waals surface area contributed by atoms with Crippen molar-refractivity contribution in [2.75, 3.05) is 0 Å². The van der Waals surface area contributed by atoms with Gasteiger partial charge in [-0.3, -0.25) is 4.79 Å². The summed E-state index contributed by atoms with van der Waals surface area (Å²) in [6.07, 6.45) is 0.0867. The van der Waals surface area contributed by atoms with E-state index in [9.17, 15) is 9.90 Å². The molecular weight excluding hydrogens is 322 g/mol. The van der Waals surface area contributed by atoms with Gasteiger partial charge in [0.1, 0.15) is 5.60 Å². The van der Waals surface area contributed by atoms with E-state index < -0.39 is 11.6 Å². The Hall–Kier alpha value is -2.91. The Morgan fingerprint density at radius 2 is 1.38 bits per heavy atom. The first-order valence-electron chi connectivity index (χ1n) is 8.85. The monoisotopic (exact) mass is 343 g/mol. The third kappa shape index (κ3) is 2.91. The third-order valence-corrected chi connectivity index (χ3v) is 5.09. The minimum atomic E-state index is -1.24. The van der Waals surface area contributed by atoms with Crippen molar-refractivity contribution in [2.24, 2.45) is 0 Å². The Morgan fingerprint density at radius 3 is 2.00 bits per heavy atom. The first-order chi connectivity index (χ1) is 12.7. The number of nitrogens with zero attached hydrogens (tertiary/aromatic N) is 1. The Labute approximate surface area is 153 Å². The lowest BCUT2D eigenvalue weighted by Gasteiger charge is -2.34. The lowest BCUT2D eigenvalue weighted by atomic mass is 9.83. The quantitative estimate of drug-likeness (QED) is 0.776. The molecule has 2 unspecified atom stereocenters. The number of benzene rings is 3. The van der Waals surface area contributed by atoms with Crippen molar-refractivity contribution in [3.63, 3.8) is 0 Å². The van der Waals surface area contributed by atoms with Gasteiger partial charge in [0.15, 0.2) is 0 Å². The van der Waals surface area contributed by atoms with E-state index in [1.807, 2.05) is 91.0 Å². The van der Waals surface area contributed by atoms with Crippen LogP contribution in [0.2, 0.25) is 0 Å². The van der Waals surface area contributed by atoms with Crippen LogP contribution >= 0.6 is 0 Å². The molecule has 0 saturated carbocycles. The zero-order valence-electron chi connectivity index (χ0n) is 14.5. The van der Waals surface area contributed by atoms with Crippen LogP contribution in [-0.2, 0) is 16.9 Å². The first-order valence-corrected chi connectivity index (χ1v) is 8.85. The zero-order valence-corrected chi connectivity index (χ0v) is 14.5. The summed E-state index contributed by atoms with van der Waals surface area (Å²) in [6.45, 7) is 0.481. The maximum Gasteiger partial charge on any atom is 0.226 e. The number of hydrogen-bond acceptors (Lipinski definition) is 2. The van der Waals surface area contributed by atoms with Gasteiger partial charge in [0, 0.05) is 6.54 Å². The second-order valence-electron chi connectivity index (χ2n) is 6.79. The van der Waals surface area contributed by atoms with Crippen LogP contribution in [0.4, 0.5) is 0 Å². The highest BCUT2D eigenvalue weighted by molar-refractivity contribution is 5.81. The van der Waals surface area contributed by atoms with Crippen LogP contribution in [0.1, 0.15) is 29.2 Å². The molecule has 3 aromatic rings. The fourth-order valence-electron chi connectivity index (χ4n) is 3.87. The maximum atomic E-state index is 12.9. The molecule has 3 aromatic carbocycles. The fourth-order valence-corrected chi connectivity index (χ4v) is 3.87. The molecule has 2 atom stereocenters. The number of aliphatic hydroxyl groups is 1. The second kappa shape index (κ2) is 6.77. The standard InChI is InChI=1S/C23H21NO2/c25-21-16-23(26,20-14-8-3-9-15-20)22(19-12-6-2-7-13-19)24(21)17-18-10-4-1-5-11-18/h1-15,22,26H,16-17H2. The average molecular weight is 343 g/mol. The zero-order chi connectivity index (χ0) is 18.0. The van der Waals surface area contributed by atoms with Gasteiger partial charge in [0.25, 0.3) is 0 Å². The largest absolute Gasteiger partial charge is 0.382 e. The molecule has 1 aliphatic rings. The summed E-state index contributed by atoms with van der Waals surface area (Å²) >= 11 is 0. The highest BCUT2D eigenvalue weighted by atomic mass is 16.3. The molecule has 0 radical (unpaired) electrons. The second-order valence-corrected chi connectivity index (χ2v) is 6.79. The predicted octanol–water partition coefficient (Wildman–Crippen LogP) is 4.05. The molecule has 1 fully saturated rings. The topological polar surface area (TPSA) is 40.5 Å². The fraction of sp³-hybridized carbons (Fsp3) is 0.174. The molecule has 130 valence electrons. The summed E-state index contributed by atoms with van der Waals surface area (Å²) < 4.78 is 0. The molecule has 0 aromatic heterocycles. The van der Waals surface area contributed by atoms with Crippen LogP contribution in [0.15, 0.2) is 91.0 Å². The van der Waals surface area contributed by atoms with E-state index in [0.717, 1.165) is 16.7 Å². The molecule has 1 saturated heterocycles. The average Bonchev–Trinajstić information content (AvgIpc) is 2.95. The van der Waals surface area contributed by atoms with Crippen molar-refractivity contribution in [1.82, 2.24) is 4.90 Å². The number of likely N-dealkylation sites (tertiary alicyclic amines) is 1. The predicted molar refractivity (Wildman–Crippen MR) is 101 cm³/mol. The van der Waals surface area contributed by atoms with Gasteiger partial charge in [-0.05, 0) is 16.7 Å². The molecule has 1 N–H and O–H groups in total. The van der Waals surface area contributed by atoms with Gasteiger partial charge < -0.3 is 10.0 Å². The Morgan fingerprint density at radius 1 is 0.846 bits per heavy atom. The van der Waals surface area contributed by atoms with Crippen molar-refractivity contribution in [3.05, 3.63) is 108 Å². The number of hydrogen-bond donors (Lipinski definition) is 1. The number of rotatable bonds is 4. The molecule has 1 aliphatic heterocycles.